The van der Waals surface area contributed by atoms with Gasteiger partial charge in [0, 0.05) is 37.3 Å². The third kappa shape index (κ3) is 3.52. The van der Waals surface area contributed by atoms with Crippen molar-refractivity contribution in [3.63, 3.8) is 0 Å². The lowest BCUT2D eigenvalue weighted by atomic mass is 10.2. The average molecular weight is 370 g/mol. The van der Waals surface area contributed by atoms with Crippen molar-refractivity contribution in [2.24, 2.45) is 0 Å². The Bertz CT molecular complexity index is 681. The van der Waals surface area contributed by atoms with Crippen LogP contribution in [0, 0.1) is 17.0 Å². The fourth-order valence-corrected chi connectivity index (χ4v) is 4.25. The second kappa shape index (κ2) is 7.10. The van der Waals surface area contributed by atoms with Crippen LogP contribution in [-0.4, -0.2) is 43.3 Å². The van der Waals surface area contributed by atoms with E-state index in [2.05, 4.69) is 5.32 Å². The van der Waals surface area contributed by atoms with Crippen LogP contribution in [0.1, 0.15) is 12.5 Å². The summed E-state index contributed by atoms with van der Waals surface area (Å²) in [6, 6.07) is 2.13. The van der Waals surface area contributed by atoms with Crippen molar-refractivity contribution in [1.82, 2.24) is 9.62 Å². The number of hydrogen-bond donors (Lipinski definition) is 1. The molecule has 124 valence electrons. The molecule has 1 fully saturated rings. The molecule has 1 aromatic carbocycles. The van der Waals surface area contributed by atoms with Crippen LogP contribution in [0.5, 0.6) is 0 Å². The first-order valence-electron chi connectivity index (χ1n) is 6.42. The Kier molecular flexibility index (Phi) is 6.17. The number of nitrogens with zero attached hydrogens (tertiary/aromatic N) is 2. The Labute approximate surface area is 140 Å². The number of halogens is 2. The molecule has 1 aliphatic heterocycles. The minimum absolute atomic E-state index is 0. The normalized spacial score (nSPS) is 19.5. The molecule has 1 aliphatic rings. The van der Waals surface area contributed by atoms with Crippen LogP contribution < -0.4 is 5.32 Å². The van der Waals surface area contributed by atoms with E-state index >= 15 is 0 Å². The minimum Gasteiger partial charge on any atom is -0.314 e. The Morgan fingerprint density at radius 1 is 1.45 bits per heavy atom. The highest BCUT2D eigenvalue weighted by atomic mass is 35.5. The van der Waals surface area contributed by atoms with E-state index in [1.165, 1.54) is 17.3 Å². The number of benzene rings is 1. The quantitative estimate of drug-likeness (QED) is 0.649. The van der Waals surface area contributed by atoms with Crippen molar-refractivity contribution in [2.45, 2.75) is 24.8 Å². The first-order valence-corrected chi connectivity index (χ1v) is 8.24. The van der Waals surface area contributed by atoms with Crippen molar-refractivity contribution in [3.8, 4) is 0 Å². The van der Waals surface area contributed by atoms with Crippen molar-refractivity contribution in [1.29, 1.82) is 0 Å². The van der Waals surface area contributed by atoms with Crippen LogP contribution in [-0.2, 0) is 10.0 Å². The summed E-state index contributed by atoms with van der Waals surface area (Å²) in [5.41, 5.74) is -0.0298. The van der Waals surface area contributed by atoms with Crippen LogP contribution in [0.3, 0.4) is 0 Å². The first kappa shape index (κ1) is 19.1. The van der Waals surface area contributed by atoms with Gasteiger partial charge < -0.3 is 5.32 Å². The van der Waals surface area contributed by atoms with E-state index in [1.807, 2.05) is 0 Å². The summed E-state index contributed by atoms with van der Waals surface area (Å²) in [5.74, 6) is 0. The fraction of sp³-hybridized carbons (Fsp3) is 0.500. The van der Waals surface area contributed by atoms with Crippen molar-refractivity contribution in [3.05, 3.63) is 32.8 Å². The second-order valence-corrected chi connectivity index (χ2v) is 7.27. The molecule has 1 atom stereocenters. The smallest absolute Gasteiger partial charge is 0.275 e. The molecule has 0 bridgehead atoms. The third-order valence-electron chi connectivity index (χ3n) is 3.53. The zero-order valence-corrected chi connectivity index (χ0v) is 14.5. The highest BCUT2D eigenvalue weighted by Crippen LogP contribution is 2.31. The van der Waals surface area contributed by atoms with Gasteiger partial charge in [0.15, 0.2) is 0 Å². The van der Waals surface area contributed by atoms with Crippen LogP contribution in [0.4, 0.5) is 5.69 Å². The molecule has 1 aromatic rings. The van der Waals surface area contributed by atoms with Crippen LogP contribution >= 0.6 is 24.0 Å². The van der Waals surface area contributed by atoms with Gasteiger partial charge in [0.1, 0.15) is 0 Å². The lowest BCUT2D eigenvalue weighted by Crippen LogP contribution is -2.52. The maximum Gasteiger partial charge on any atom is 0.275 e. The summed E-state index contributed by atoms with van der Waals surface area (Å²) in [6.45, 7) is 4.69. The van der Waals surface area contributed by atoms with Gasteiger partial charge >= 0.3 is 0 Å². The van der Waals surface area contributed by atoms with Crippen LogP contribution in [0.2, 0.25) is 5.02 Å². The SMILES string of the molecule is Cc1c(Cl)cc(S(=O)(=O)N2CCNC[C@@H]2C)cc1[N+](=O)[O-].Cl. The number of nitrogens with one attached hydrogen (secondary N) is 1. The molecule has 1 saturated heterocycles. The summed E-state index contributed by atoms with van der Waals surface area (Å²) in [7, 11) is -3.80. The maximum atomic E-state index is 12.7. The molecule has 7 nitrogen and oxygen atoms in total. The van der Waals surface area contributed by atoms with E-state index < -0.39 is 14.9 Å². The molecule has 1 N–H and O–H groups in total. The lowest BCUT2D eigenvalue weighted by Gasteiger charge is -2.32. The van der Waals surface area contributed by atoms with E-state index in [4.69, 9.17) is 11.6 Å². The molecule has 0 unspecified atom stereocenters. The Morgan fingerprint density at radius 2 is 2.09 bits per heavy atom. The predicted molar refractivity (Wildman–Crippen MR) is 86.3 cm³/mol. The molecule has 0 radical (unpaired) electrons. The predicted octanol–water partition coefficient (Wildman–Crippen LogP) is 1.96. The van der Waals surface area contributed by atoms with E-state index in [1.54, 1.807) is 6.92 Å². The van der Waals surface area contributed by atoms with Crippen molar-refractivity contribution in [2.75, 3.05) is 19.6 Å². The second-order valence-electron chi connectivity index (χ2n) is 4.98. The summed E-state index contributed by atoms with van der Waals surface area (Å²) >= 11 is 5.94. The summed E-state index contributed by atoms with van der Waals surface area (Å²) < 4.78 is 26.6. The number of sulfonamides is 1. The summed E-state index contributed by atoms with van der Waals surface area (Å²) in [4.78, 5) is 10.3. The van der Waals surface area contributed by atoms with Gasteiger partial charge in [-0.25, -0.2) is 8.42 Å². The number of nitro benzene ring substituents is 1. The molecule has 0 saturated carbocycles. The molecule has 0 amide bonds. The number of rotatable bonds is 3. The van der Waals surface area contributed by atoms with Crippen molar-refractivity contribution < 1.29 is 13.3 Å². The van der Waals surface area contributed by atoms with Gasteiger partial charge in [0.2, 0.25) is 10.0 Å². The Balaban J connectivity index is 0.00000242. The molecule has 22 heavy (non-hydrogen) atoms. The maximum absolute atomic E-state index is 12.7. The molecule has 0 aliphatic carbocycles. The zero-order chi connectivity index (χ0) is 15.8. The van der Waals surface area contributed by atoms with Crippen LogP contribution in [0.15, 0.2) is 17.0 Å². The molecule has 10 heteroatoms. The molecule has 1 heterocycles. The van der Waals surface area contributed by atoms with E-state index in [0.717, 1.165) is 6.07 Å². The number of piperazine rings is 1. The van der Waals surface area contributed by atoms with E-state index in [-0.39, 0.29) is 39.6 Å². The molecule has 2 rings (SSSR count). The number of hydrogen-bond acceptors (Lipinski definition) is 5. The first-order chi connectivity index (χ1) is 9.75. The molecule has 0 aromatic heterocycles. The average Bonchev–Trinajstić information content (AvgIpc) is 2.41. The third-order valence-corrected chi connectivity index (χ3v) is 5.92. The minimum atomic E-state index is -3.80. The van der Waals surface area contributed by atoms with E-state index in [0.29, 0.717) is 19.6 Å². The number of nitro groups is 1. The van der Waals surface area contributed by atoms with Gasteiger partial charge in [-0.3, -0.25) is 10.1 Å². The highest BCUT2D eigenvalue weighted by molar-refractivity contribution is 7.89. The van der Waals surface area contributed by atoms with Gasteiger partial charge in [0.25, 0.3) is 5.69 Å². The molecule has 0 spiro atoms. The van der Waals surface area contributed by atoms with E-state index in [9.17, 15) is 18.5 Å². The Hall–Kier alpha value is -0.930. The Morgan fingerprint density at radius 3 is 2.64 bits per heavy atom. The van der Waals surface area contributed by atoms with Crippen molar-refractivity contribution >= 4 is 39.7 Å². The summed E-state index contributed by atoms with van der Waals surface area (Å²) in [6.07, 6.45) is 0. The fourth-order valence-electron chi connectivity index (χ4n) is 2.29. The van der Waals surface area contributed by atoms with Gasteiger partial charge in [-0.1, -0.05) is 11.6 Å². The van der Waals surface area contributed by atoms with Crippen LogP contribution in [0.25, 0.3) is 0 Å². The highest BCUT2D eigenvalue weighted by Gasteiger charge is 2.32. The van der Waals surface area contributed by atoms with Gasteiger partial charge in [-0.15, -0.1) is 12.4 Å². The lowest BCUT2D eigenvalue weighted by molar-refractivity contribution is -0.385. The standard InChI is InChI=1S/C12H16ClN3O4S.ClH/c1-8-7-14-3-4-15(8)21(19,20)10-5-11(13)9(2)12(6-10)16(17)18;/h5-6,8,14H,3-4,7H2,1-2H3;1H/t8-;/m0./s1. The van der Waals surface area contributed by atoms with Gasteiger partial charge in [-0.2, -0.15) is 4.31 Å². The van der Waals surface area contributed by atoms with Gasteiger partial charge in [-0.05, 0) is 19.9 Å². The van der Waals surface area contributed by atoms with Gasteiger partial charge in [0.05, 0.1) is 14.8 Å². The largest absolute Gasteiger partial charge is 0.314 e. The zero-order valence-electron chi connectivity index (χ0n) is 12.1. The molecular weight excluding hydrogens is 353 g/mol. The monoisotopic (exact) mass is 369 g/mol. The topological polar surface area (TPSA) is 92.6 Å². The molecular formula is C12H17Cl2N3O4S. The summed E-state index contributed by atoms with van der Waals surface area (Å²) in [5, 5.41) is 14.2.